The van der Waals surface area contributed by atoms with E-state index in [2.05, 4.69) is 5.32 Å². The van der Waals surface area contributed by atoms with Gasteiger partial charge in [-0.15, -0.1) is 0 Å². The highest BCUT2D eigenvalue weighted by Crippen LogP contribution is 2.32. The Labute approximate surface area is 206 Å². The van der Waals surface area contributed by atoms with Gasteiger partial charge < -0.3 is 9.47 Å². The van der Waals surface area contributed by atoms with E-state index in [9.17, 15) is 27.6 Å². The Morgan fingerprint density at radius 2 is 1.74 bits per heavy atom. The summed E-state index contributed by atoms with van der Waals surface area (Å²) in [6.45, 7) is 4.75. The normalized spacial score (nSPS) is 13.5. The third-order valence-electron chi connectivity index (χ3n) is 4.97. The lowest BCUT2D eigenvalue weighted by Crippen LogP contribution is -2.32. The molecule has 0 aromatic heterocycles. The van der Waals surface area contributed by atoms with Gasteiger partial charge in [-0.05, 0) is 68.8 Å². The Balaban J connectivity index is 2.17. The predicted molar refractivity (Wildman–Crippen MR) is 127 cm³/mol. The van der Waals surface area contributed by atoms with Gasteiger partial charge in [-0.1, -0.05) is 24.3 Å². The molecule has 0 fully saturated rings. The average Bonchev–Trinajstić information content (AvgIpc) is 2.79. The second-order valence-corrected chi connectivity index (χ2v) is 9.82. The molecule has 35 heavy (non-hydrogen) atoms. The van der Waals surface area contributed by atoms with Crippen LogP contribution in [-0.4, -0.2) is 36.4 Å². The SMILES string of the molecule is CSC(Cc1ccc(OCC(OC(=O)C(C)(C)C)c2cccc(C(F)(F)F)c2)cc1)C(=O)NC=O. The van der Waals surface area contributed by atoms with Crippen molar-refractivity contribution in [2.45, 2.75) is 44.7 Å². The first-order chi connectivity index (χ1) is 16.3. The van der Waals surface area contributed by atoms with Gasteiger partial charge >= 0.3 is 12.1 Å². The van der Waals surface area contributed by atoms with E-state index in [1.807, 2.05) is 0 Å². The van der Waals surface area contributed by atoms with E-state index in [1.54, 1.807) is 51.3 Å². The lowest BCUT2D eigenvalue weighted by atomic mass is 9.97. The van der Waals surface area contributed by atoms with Crippen LogP contribution in [0.4, 0.5) is 13.2 Å². The predicted octanol–water partition coefficient (Wildman–Crippen LogP) is 4.96. The Morgan fingerprint density at radius 1 is 1.09 bits per heavy atom. The molecule has 2 aromatic carbocycles. The van der Waals surface area contributed by atoms with Gasteiger partial charge in [0.15, 0.2) is 6.10 Å². The van der Waals surface area contributed by atoms with Crippen LogP contribution in [0.25, 0.3) is 0 Å². The Morgan fingerprint density at radius 3 is 2.29 bits per heavy atom. The highest BCUT2D eigenvalue weighted by atomic mass is 32.2. The molecule has 2 amide bonds. The second kappa shape index (κ2) is 12.1. The molecule has 190 valence electrons. The standard InChI is InChI=1S/C25H28F3NO5S/c1-24(2,3)23(32)34-20(17-6-5-7-18(13-17)25(26,27)28)14-33-19-10-8-16(9-11-19)12-21(35-4)22(31)29-15-30/h5-11,13,15,20-21H,12,14H2,1-4H3,(H,29,30,31). The number of carbonyl (C=O) groups excluding carboxylic acids is 3. The quantitative estimate of drug-likeness (QED) is 0.359. The smallest absolute Gasteiger partial charge is 0.416 e. The highest BCUT2D eigenvalue weighted by molar-refractivity contribution is 7.99. The summed E-state index contributed by atoms with van der Waals surface area (Å²) < 4.78 is 50.9. The molecule has 10 heteroatoms. The van der Waals surface area contributed by atoms with Gasteiger partial charge in [-0.2, -0.15) is 24.9 Å². The number of hydrogen-bond donors (Lipinski definition) is 1. The van der Waals surface area contributed by atoms with Crippen LogP contribution in [0.2, 0.25) is 0 Å². The molecule has 0 aliphatic carbocycles. The number of thioether (sulfide) groups is 1. The third-order valence-corrected chi connectivity index (χ3v) is 5.92. The zero-order valence-corrected chi connectivity index (χ0v) is 20.7. The van der Waals surface area contributed by atoms with Crippen molar-refractivity contribution in [2.24, 2.45) is 5.41 Å². The number of imide groups is 1. The van der Waals surface area contributed by atoms with E-state index in [0.29, 0.717) is 18.6 Å². The monoisotopic (exact) mass is 511 g/mol. The average molecular weight is 512 g/mol. The molecule has 0 radical (unpaired) electrons. The van der Waals surface area contributed by atoms with E-state index in [0.717, 1.165) is 17.7 Å². The molecule has 6 nitrogen and oxygen atoms in total. The maximum atomic E-state index is 13.2. The zero-order chi connectivity index (χ0) is 26.2. The Bertz CT molecular complexity index is 1020. The molecular weight excluding hydrogens is 483 g/mol. The summed E-state index contributed by atoms with van der Waals surface area (Å²) in [6, 6.07) is 11.4. The Hall–Kier alpha value is -3.01. The van der Waals surface area contributed by atoms with E-state index < -0.39 is 40.4 Å². The molecule has 0 heterocycles. The summed E-state index contributed by atoms with van der Waals surface area (Å²) in [6.07, 6.45) is -3.11. The fourth-order valence-electron chi connectivity index (χ4n) is 2.96. The minimum atomic E-state index is -4.54. The van der Waals surface area contributed by atoms with Crippen molar-refractivity contribution < 1.29 is 37.0 Å². The van der Waals surface area contributed by atoms with Crippen molar-refractivity contribution in [1.29, 1.82) is 0 Å². The number of ether oxygens (including phenoxy) is 2. The van der Waals surface area contributed by atoms with Crippen LogP contribution in [-0.2, 0) is 31.7 Å². The first-order valence-corrected chi connectivity index (χ1v) is 12.0. The zero-order valence-electron chi connectivity index (χ0n) is 19.8. The molecule has 2 aromatic rings. The van der Waals surface area contributed by atoms with Gasteiger partial charge in [0.25, 0.3) is 0 Å². The first kappa shape index (κ1) is 28.2. The third kappa shape index (κ3) is 8.61. The summed E-state index contributed by atoms with van der Waals surface area (Å²) in [5.74, 6) is -0.552. The maximum absolute atomic E-state index is 13.2. The van der Waals surface area contributed by atoms with Crippen LogP contribution < -0.4 is 10.1 Å². The van der Waals surface area contributed by atoms with Crippen molar-refractivity contribution in [2.75, 3.05) is 12.9 Å². The minimum absolute atomic E-state index is 0.165. The number of nitrogens with one attached hydrogen (secondary N) is 1. The fourth-order valence-corrected chi connectivity index (χ4v) is 3.60. The van der Waals surface area contributed by atoms with Crippen LogP contribution in [0.1, 0.15) is 43.6 Å². The van der Waals surface area contributed by atoms with Crippen LogP contribution >= 0.6 is 11.8 Å². The number of hydrogen-bond acceptors (Lipinski definition) is 6. The van der Waals surface area contributed by atoms with Gasteiger partial charge in [0.1, 0.15) is 12.4 Å². The highest BCUT2D eigenvalue weighted by Gasteiger charge is 2.32. The molecule has 0 aliphatic heterocycles. The molecule has 2 rings (SSSR count). The summed E-state index contributed by atoms with van der Waals surface area (Å²) in [5, 5.41) is 1.69. The number of halogens is 3. The van der Waals surface area contributed by atoms with E-state index in [-0.39, 0.29) is 12.2 Å². The summed E-state index contributed by atoms with van der Waals surface area (Å²) >= 11 is 1.31. The molecule has 2 atom stereocenters. The summed E-state index contributed by atoms with van der Waals surface area (Å²) in [4.78, 5) is 34.9. The van der Waals surface area contributed by atoms with Gasteiger partial charge in [0.05, 0.1) is 16.2 Å². The minimum Gasteiger partial charge on any atom is -0.489 e. The van der Waals surface area contributed by atoms with Crippen LogP contribution in [0, 0.1) is 5.41 Å². The number of benzene rings is 2. The van der Waals surface area contributed by atoms with Gasteiger partial charge in [0, 0.05) is 0 Å². The van der Waals surface area contributed by atoms with Crippen molar-refractivity contribution in [3.8, 4) is 5.75 Å². The molecular formula is C25H28F3NO5S. The summed E-state index contributed by atoms with van der Waals surface area (Å²) in [5.41, 5.74) is -0.714. The van der Waals surface area contributed by atoms with Crippen LogP contribution in [0.5, 0.6) is 5.75 Å². The van der Waals surface area contributed by atoms with E-state index >= 15 is 0 Å². The first-order valence-electron chi connectivity index (χ1n) is 10.7. The molecule has 0 aliphatic rings. The molecule has 0 spiro atoms. The van der Waals surface area contributed by atoms with Crippen molar-refractivity contribution in [3.63, 3.8) is 0 Å². The number of esters is 1. The van der Waals surface area contributed by atoms with Crippen molar-refractivity contribution in [1.82, 2.24) is 5.32 Å². The maximum Gasteiger partial charge on any atom is 0.416 e. The van der Waals surface area contributed by atoms with E-state index in [4.69, 9.17) is 9.47 Å². The molecule has 0 bridgehead atoms. The number of alkyl halides is 3. The Kier molecular flexibility index (Phi) is 9.76. The topological polar surface area (TPSA) is 81.7 Å². The number of amides is 2. The molecule has 1 N–H and O–H groups in total. The van der Waals surface area contributed by atoms with Crippen molar-refractivity contribution >= 4 is 30.0 Å². The van der Waals surface area contributed by atoms with Crippen LogP contribution in [0.15, 0.2) is 48.5 Å². The lowest BCUT2D eigenvalue weighted by molar-refractivity contribution is -0.160. The largest absolute Gasteiger partial charge is 0.489 e. The van der Waals surface area contributed by atoms with Gasteiger partial charge in [0.2, 0.25) is 12.3 Å². The molecule has 0 saturated carbocycles. The lowest BCUT2D eigenvalue weighted by Gasteiger charge is -2.24. The number of rotatable bonds is 10. The fraction of sp³-hybridized carbons (Fsp3) is 0.400. The number of carbonyl (C=O) groups is 3. The molecule has 2 unspecified atom stereocenters. The second-order valence-electron chi connectivity index (χ2n) is 8.78. The van der Waals surface area contributed by atoms with Crippen LogP contribution in [0.3, 0.4) is 0 Å². The summed E-state index contributed by atoms with van der Waals surface area (Å²) in [7, 11) is 0. The molecule has 0 saturated heterocycles. The van der Waals surface area contributed by atoms with Gasteiger partial charge in [-0.3, -0.25) is 19.7 Å². The van der Waals surface area contributed by atoms with Gasteiger partial charge in [-0.25, -0.2) is 0 Å². The van der Waals surface area contributed by atoms with E-state index in [1.165, 1.54) is 23.9 Å². The van der Waals surface area contributed by atoms with Crippen molar-refractivity contribution in [3.05, 3.63) is 65.2 Å².